The van der Waals surface area contributed by atoms with Gasteiger partial charge in [-0.05, 0) is 50.3 Å². The van der Waals surface area contributed by atoms with Crippen molar-refractivity contribution in [2.45, 2.75) is 37.8 Å². The van der Waals surface area contributed by atoms with Crippen molar-refractivity contribution in [1.82, 2.24) is 9.55 Å². The first kappa shape index (κ1) is 15.9. The Bertz CT molecular complexity index is 760. The summed E-state index contributed by atoms with van der Waals surface area (Å²) in [5.74, 6) is -0.494. The van der Waals surface area contributed by atoms with Crippen molar-refractivity contribution in [3.8, 4) is 0 Å². The van der Waals surface area contributed by atoms with Crippen LogP contribution in [0.4, 0.5) is 0 Å². The highest BCUT2D eigenvalue weighted by Crippen LogP contribution is 2.34. The number of hydrogen-bond acceptors (Lipinski definition) is 4. The molecule has 0 radical (unpaired) electrons. The molecule has 1 unspecified atom stereocenters. The third-order valence-corrected chi connectivity index (χ3v) is 4.91. The van der Waals surface area contributed by atoms with E-state index in [1.165, 1.54) is 0 Å². The van der Waals surface area contributed by atoms with Crippen LogP contribution in [0.15, 0.2) is 23.2 Å². The summed E-state index contributed by atoms with van der Waals surface area (Å²) in [7, 11) is 0. The second kappa shape index (κ2) is 6.28. The number of ketones is 1. The molecule has 23 heavy (non-hydrogen) atoms. The number of hydrogen-bond donors (Lipinski definition) is 1. The SMILES string of the molecule is CCOC(=O)C1CCn2c1cc(C)c2C(=O)c1ccc(SC)[nH]1. The summed E-state index contributed by atoms with van der Waals surface area (Å²) in [5, 5.41) is 0.962. The van der Waals surface area contributed by atoms with E-state index >= 15 is 0 Å². The predicted molar refractivity (Wildman–Crippen MR) is 89.2 cm³/mol. The molecule has 1 aliphatic heterocycles. The molecule has 0 saturated heterocycles. The molecule has 122 valence electrons. The summed E-state index contributed by atoms with van der Waals surface area (Å²) in [5.41, 5.74) is 3.04. The van der Waals surface area contributed by atoms with Crippen LogP contribution in [0.3, 0.4) is 0 Å². The number of carbonyl (C=O) groups excluding carboxylic acids is 2. The molecule has 1 atom stereocenters. The monoisotopic (exact) mass is 332 g/mol. The number of aromatic amines is 1. The van der Waals surface area contributed by atoms with Gasteiger partial charge in [0, 0.05) is 12.2 Å². The number of thioether (sulfide) groups is 1. The van der Waals surface area contributed by atoms with Gasteiger partial charge >= 0.3 is 5.97 Å². The minimum Gasteiger partial charge on any atom is -0.465 e. The molecule has 0 amide bonds. The van der Waals surface area contributed by atoms with Gasteiger partial charge in [-0.15, -0.1) is 11.8 Å². The number of aryl methyl sites for hydroxylation is 1. The highest BCUT2D eigenvalue weighted by molar-refractivity contribution is 7.98. The first-order valence-corrected chi connectivity index (χ1v) is 8.93. The molecule has 1 N–H and O–H groups in total. The maximum absolute atomic E-state index is 12.8. The van der Waals surface area contributed by atoms with Crippen LogP contribution in [0.25, 0.3) is 0 Å². The normalized spacial score (nSPS) is 16.4. The van der Waals surface area contributed by atoms with Crippen LogP contribution in [-0.4, -0.2) is 34.2 Å². The van der Waals surface area contributed by atoms with E-state index in [9.17, 15) is 9.59 Å². The second-order valence-corrected chi connectivity index (χ2v) is 6.46. The smallest absolute Gasteiger partial charge is 0.315 e. The number of aromatic nitrogens is 2. The summed E-state index contributed by atoms with van der Waals surface area (Å²) < 4.78 is 7.12. The van der Waals surface area contributed by atoms with Gasteiger partial charge in [-0.2, -0.15) is 0 Å². The molecule has 1 aliphatic rings. The predicted octanol–water partition coefficient (Wildman–Crippen LogP) is 3.13. The average Bonchev–Trinajstić information content (AvgIpc) is 3.20. The standard InChI is InChI=1S/C17H20N2O3S/c1-4-22-17(21)11-7-8-19-13(11)9-10(2)15(19)16(20)12-5-6-14(18-12)23-3/h5-6,9,11,18H,4,7-8H2,1-3H3. The van der Waals surface area contributed by atoms with Crippen molar-refractivity contribution in [2.24, 2.45) is 0 Å². The fraction of sp³-hybridized carbons (Fsp3) is 0.412. The molecule has 0 saturated carbocycles. The van der Waals surface area contributed by atoms with Gasteiger partial charge in [0.15, 0.2) is 0 Å². The number of esters is 1. The summed E-state index contributed by atoms with van der Waals surface area (Å²) in [6.45, 7) is 4.77. The largest absolute Gasteiger partial charge is 0.465 e. The van der Waals surface area contributed by atoms with Gasteiger partial charge in [-0.25, -0.2) is 0 Å². The minimum atomic E-state index is -0.263. The van der Waals surface area contributed by atoms with Crippen LogP contribution < -0.4 is 0 Å². The van der Waals surface area contributed by atoms with Crippen LogP contribution in [0, 0.1) is 6.92 Å². The molecule has 0 spiro atoms. The summed E-state index contributed by atoms with van der Waals surface area (Å²) in [6.07, 6.45) is 2.65. The number of fused-ring (bicyclic) bond motifs is 1. The van der Waals surface area contributed by atoms with Gasteiger partial charge in [0.25, 0.3) is 0 Å². The fourth-order valence-electron chi connectivity index (χ4n) is 3.18. The van der Waals surface area contributed by atoms with Crippen LogP contribution in [-0.2, 0) is 16.1 Å². The number of carbonyl (C=O) groups is 2. The van der Waals surface area contributed by atoms with Crippen LogP contribution in [0.1, 0.15) is 46.7 Å². The molecular formula is C17H20N2O3S. The maximum Gasteiger partial charge on any atom is 0.315 e. The van der Waals surface area contributed by atoms with Crippen molar-refractivity contribution in [3.05, 3.63) is 40.8 Å². The van der Waals surface area contributed by atoms with Gasteiger partial charge in [0.1, 0.15) is 0 Å². The minimum absolute atomic E-state index is 0.0291. The Morgan fingerprint density at radius 2 is 2.22 bits per heavy atom. The van der Waals surface area contributed by atoms with Crippen molar-refractivity contribution in [1.29, 1.82) is 0 Å². The second-order valence-electron chi connectivity index (χ2n) is 5.62. The lowest BCUT2D eigenvalue weighted by Crippen LogP contribution is -2.13. The zero-order valence-electron chi connectivity index (χ0n) is 13.5. The summed E-state index contributed by atoms with van der Waals surface area (Å²) >= 11 is 1.57. The van der Waals surface area contributed by atoms with E-state index in [-0.39, 0.29) is 17.7 Å². The van der Waals surface area contributed by atoms with Crippen LogP contribution in [0.2, 0.25) is 0 Å². The lowest BCUT2D eigenvalue weighted by atomic mass is 10.0. The zero-order chi connectivity index (χ0) is 16.6. The van der Waals surface area contributed by atoms with Crippen molar-refractivity contribution < 1.29 is 14.3 Å². The fourth-order valence-corrected chi connectivity index (χ4v) is 3.60. The Balaban J connectivity index is 1.95. The number of rotatable bonds is 5. The molecule has 0 aromatic carbocycles. The summed E-state index contributed by atoms with van der Waals surface area (Å²) in [4.78, 5) is 28.1. The topological polar surface area (TPSA) is 64.1 Å². The molecule has 0 fully saturated rings. The Hall–Kier alpha value is -1.95. The average molecular weight is 332 g/mol. The number of nitrogens with zero attached hydrogens (tertiary/aromatic N) is 1. The van der Waals surface area contributed by atoms with Crippen molar-refractivity contribution in [3.63, 3.8) is 0 Å². The Labute approximate surface area is 139 Å². The van der Waals surface area contributed by atoms with E-state index in [4.69, 9.17) is 4.74 Å². The van der Waals surface area contributed by atoms with Gasteiger partial charge in [0.05, 0.1) is 28.9 Å². The van der Waals surface area contributed by atoms with Gasteiger partial charge in [-0.1, -0.05) is 0 Å². The lowest BCUT2D eigenvalue weighted by Gasteiger charge is -2.07. The molecule has 0 bridgehead atoms. The third-order valence-electron chi connectivity index (χ3n) is 4.23. The molecular weight excluding hydrogens is 312 g/mol. The van der Waals surface area contributed by atoms with Gasteiger partial charge in [0.2, 0.25) is 5.78 Å². The van der Waals surface area contributed by atoms with Gasteiger partial charge < -0.3 is 14.3 Å². The number of H-pyrrole nitrogens is 1. The Morgan fingerprint density at radius 1 is 1.43 bits per heavy atom. The third kappa shape index (κ3) is 2.72. The van der Waals surface area contributed by atoms with Crippen molar-refractivity contribution >= 4 is 23.5 Å². The molecule has 2 aromatic rings. The Kier molecular flexibility index (Phi) is 4.35. The quantitative estimate of drug-likeness (QED) is 0.519. The molecule has 6 heteroatoms. The first-order valence-electron chi connectivity index (χ1n) is 7.71. The summed E-state index contributed by atoms with van der Waals surface area (Å²) in [6, 6.07) is 5.66. The molecule has 0 aliphatic carbocycles. The van der Waals surface area contributed by atoms with Crippen LogP contribution >= 0.6 is 11.8 Å². The van der Waals surface area contributed by atoms with Gasteiger partial charge in [-0.3, -0.25) is 9.59 Å². The van der Waals surface area contributed by atoms with Crippen molar-refractivity contribution in [2.75, 3.05) is 12.9 Å². The maximum atomic E-state index is 12.8. The number of ether oxygens (including phenoxy) is 1. The number of nitrogens with one attached hydrogen (secondary N) is 1. The van der Waals surface area contributed by atoms with E-state index in [1.54, 1.807) is 18.7 Å². The molecule has 2 aromatic heterocycles. The molecule has 3 heterocycles. The van der Waals surface area contributed by atoms with Crippen LogP contribution in [0.5, 0.6) is 0 Å². The lowest BCUT2D eigenvalue weighted by molar-refractivity contribution is -0.144. The van der Waals surface area contributed by atoms with E-state index in [0.717, 1.165) is 16.3 Å². The molecule has 3 rings (SSSR count). The van der Waals surface area contributed by atoms with E-state index in [1.807, 2.05) is 35.9 Å². The first-order chi connectivity index (χ1) is 11.1. The highest BCUT2D eigenvalue weighted by Gasteiger charge is 2.34. The zero-order valence-corrected chi connectivity index (χ0v) is 14.3. The van der Waals surface area contributed by atoms with E-state index < -0.39 is 0 Å². The molecule has 5 nitrogen and oxygen atoms in total. The van der Waals surface area contributed by atoms with E-state index in [2.05, 4.69) is 4.98 Å². The van der Waals surface area contributed by atoms with E-state index in [0.29, 0.717) is 31.0 Å². The highest BCUT2D eigenvalue weighted by atomic mass is 32.2. The Morgan fingerprint density at radius 3 is 2.87 bits per heavy atom.